The molecule has 2 heterocycles. The molecule has 1 aromatic heterocycles. The largest absolute Gasteiger partial charge is 0.367 e. The molecule has 1 saturated heterocycles. The fraction of sp³-hybridized carbons (Fsp3) is 0.300. The smallest absolute Gasteiger partial charge is 0.329 e. The number of hydrogen-bond donors (Lipinski definition) is 0. The molecule has 0 radical (unpaired) electrons. The van der Waals surface area contributed by atoms with Crippen LogP contribution < -0.4 is 10.6 Å². The number of hydrogen-bond acceptors (Lipinski definition) is 3. The van der Waals surface area contributed by atoms with Crippen LogP contribution in [0.5, 0.6) is 0 Å². The van der Waals surface area contributed by atoms with E-state index >= 15 is 0 Å². The average Bonchev–Trinajstić information content (AvgIpc) is 2.94. The highest BCUT2D eigenvalue weighted by molar-refractivity contribution is 6.33. The lowest BCUT2D eigenvalue weighted by atomic mass is 10.2. The predicted molar refractivity (Wildman–Crippen MR) is 107 cm³/mol. The summed E-state index contributed by atoms with van der Waals surface area (Å²) in [4.78, 5) is 29.3. The number of aryl methyl sites for hydroxylation is 1. The Morgan fingerprint density at radius 2 is 1.59 bits per heavy atom. The van der Waals surface area contributed by atoms with E-state index in [-0.39, 0.29) is 18.1 Å². The molecule has 6 nitrogen and oxygen atoms in total. The maximum absolute atomic E-state index is 12.8. The van der Waals surface area contributed by atoms with E-state index in [2.05, 4.69) is 4.90 Å². The molecular weight excluding hydrogens is 364 g/mol. The van der Waals surface area contributed by atoms with Crippen molar-refractivity contribution in [1.29, 1.82) is 0 Å². The second kappa shape index (κ2) is 7.12. The number of halogens is 1. The summed E-state index contributed by atoms with van der Waals surface area (Å²) in [5.74, 6) is -0.0349. The van der Waals surface area contributed by atoms with Crippen LogP contribution in [0.25, 0.3) is 11.0 Å². The van der Waals surface area contributed by atoms with Gasteiger partial charge in [0.05, 0.1) is 21.7 Å². The molecule has 0 saturated carbocycles. The third-order valence-corrected chi connectivity index (χ3v) is 5.49. The predicted octanol–water partition coefficient (Wildman–Crippen LogP) is 2.34. The van der Waals surface area contributed by atoms with Crippen molar-refractivity contribution >= 4 is 34.2 Å². The molecule has 4 rings (SSSR count). The summed E-state index contributed by atoms with van der Waals surface area (Å²) in [5, 5.41) is 0.722. The first kappa shape index (κ1) is 17.7. The van der Waals surface area contributed by atoms with Crippen molar-refractivity contribution in [3.63, 3.8) is 0 Å². The molecular formula is C20H21ClN4O2. The van der Waals surface area contributed by atoms with Crippen LogP contribution >= 0.6 is 11.6 Å². The standard InChI is InChI=1S/C20H21ClN4O2/c1-22-17-8-4-5-9-18(17)25(20(22)27)14-19(26)24-12-10-23(11-13-24)16-7-3-2-6-15(16)21/h2-9H,10-14H2,1H3. The van der Waals surface area contributed by atoms with E-state index in [1.165, 1.54) is 0 Å². The Morgan fingerprint density at radius 3 is 2.30 bits per heavy atom. The molecule has 0 N–H and O–H groups in total. The zero-order chi connectivity index (χ0) is 19.0. The van der Waals surface area contributed by atoms with Gasteiger partial charge in [-0.15, -0.1) is 0 Å². The van der Waals surface area contributed by atoms with Gasteiger partial charge < -0.3 is 9.80 Å². The number of anilines is 1. The van der Waals surface area contributed by atoms with Crippen molar-refractivity contribution in [2.45, 2.75) is 6.54 Å². The second-order valence-corrected chi connectivity index (χ2v) is 7.14. The van der Waals surface area contributed by atoms with E-state index in [0.29, 0.717) is 13.1 Å². The summed E-state index contributed by atoms with van der Waals surface area (Å²) in [7, 11) is 1.73. The van der Waals surface area contributed by atoms with Crippen LogP contribution in [0.15, 0.2) is 53.3 Å². The first-order valence-electron chi connectivity index (χ1n) is 8.98. The van der Waals surface area contributed by atoms with Crippen LogP contribution in [0.4, 0.5) is 5.69 Å². The SMILES string of the molecule is Cn1c(=O)n(CC(=O)N2CCN(c3ccccc3Cl)CC2)c2ccccc21. The van der Waals surface area contributed by atoms with Gasteiger partial charge in [-0.2, -0.15) is 0 Å². The van der Waals surface area contributed by atoms with Crippen LogP contribution in [-0.4, -0.2) is 46.1 Å². The third kappa shape index (κ3) is 3.21. The number of aromatic nitrogens is 2. The molecule has 1 amide bonds. The van der Waals surface area contributed by atoms with Crippen molar-refractivity contribution in [3.05, 3.63) is 64.0 Å². The Morgan fingerprint density at radius 1 is 0.963 bits per heavy atom. The van der Waals surface area contributed by atoms with E-state index in [0.717, 1.165) is 34.8 Å². The van der Waals surface area contributed by atoms with Gasteiger partial charge in [0.2, 0.25) is 5.91 Å². The topological polar surface area (TPSA) is 50.5 Å². The third-order valence-electron chi connectivity index (χ3n) is 5.17. The molecule has 0 bridgehead atoms. The molecule has 27 heavy (non-hydrogen) atoms. The van der Waals surface area contributed by atoms with Crippen LogP contribution in [0.3, 0.4) is 0 Å². The number of rotatable bonds is 3. The van der Waals surface area contributed by atoms with Gasteiger partial charge >= 0.3 is 5.69 Å². The van der Waals surface area contributed by atoms with Gasteiger partial charge in [-0.05, 0) is 24.3 Å². The first-order valence-corrected chi connectivity index (χ1v) is 9.35. The summed E-state index contributed by atoms with van der Waals surface area (Å²) >= 11 is 6.28. The van der Waals surface area contributed by atoms with E-state index in [9.17, 15) is 9.59 Å². The minimum absolute atomic E-state index is 0.0349. The van der Waals surface area contributed by atoms with Gasteiger partial charge in [0.25, 0.3) is 0 Å². The minimum atomic E-state index is -0.167. The molecule has 2 aromatic carbocycles. The lowest BCUT2D eigenvalue weighted by Crippen LogP contribution is -2.50. The van der Waals surface area contributed by atoms with Gasteiger partial charge in [0, 0.05) is 33.2 Å². The fourth-order valence-electron chi connectivity index (χ4n) is 3.66. The Hall–Kier alpha value is -2.73. The van der Waals surface area contributed by atoms with Crippen molar-refractivity contribution in [2.24, 2.45) is 7.05 Å². The number of nitrogens with zero attached hydrogens (tertiary/aromatic N) is 4. The molecule has 0 unspecified atom stereocenters. The molecule has 1 aliphatic rings. The quantitative estimate of drug-likeness (QED) is 0.696. The molecule has 140 valence electrons. The molecule has 3 aromatic rings. The van der Waals surface area contributed by atoms with E-state index in [1.807, 2.05) is 53.4 Å². The molecule has 1 fully saturated rings. The van der Waals surface area contributed by atoms with E-state index in [4.69, 9.17) is 11.6 Å². The fourth-order valence-corrected chi connectivity index (χ4v) is 3.91. The number of fused-ring (bicyclic) bond motifs is 1. The summed E-state index contributed by atoms with van der Waals surface area (Å²) in [6, 6.07) is 15.3. The Bertz CT molecular complexity index is 1050. The Labute approximate surface area is 162 Å². The minimum Gasteiger partial charge on any atom is -0.367 e. The van der Waals surface area contributed by atoms with Crippen LogP contribution in [0, 0.1) is 0 Å². The van der Waals surface area contributed by atoms with Gasteiger partial charge in [-0.25, -0.2) is 4.79 Å². The molecule has 0 aliphatic carbocycles. The summed E-state index contributed by atoms with van der Waals surface area (Å²) < 4.78 is 3.13. The van der Waals surface area contributed by atoms with Crippen molar-refractivity contribution in [3.8, 4) is 0 Å². The molecule has 1 aliphatic heterocycles. The molecule has 7 heteroatoms. The van der Waals surface area contributed by atoms with Gasteiger partial charge in [-0.1, -0.05) is 35.9 Å². The number of amides is 1. The highest BCUT2D eigenvalue weighted by Gasteiger charge is 2.23. The van der Waals surface area contributed by atoms with Gasteiger partial charge in [0.15, 0.2) is 0 Å². The van der Waals surface area contributed by atoms with Crippen molar-refractivity contribution in [2.75, 3.05) is 31.1 Å². The summed E-state index contributed by atoms with van der Waals surface area (Å²) in [6.07, 6.45) is 0. The zero-order valence-corrected chi connectivity index (χ0v) is 15.9. The number of piperazine rings is 1. The lowest BCUT2D eigenvalue weighted by Gasteiger charge is -2.36. The van der Waals surface area contributed by atoms with Crippen LogP contribution in [0.2, 0.25) is 5.02 Å². The Kier molecular flexibility index (Phi) is 4.66. The summed E-state index contributed by atoms with van der Waals surface area (Å²) in [6.45, 7) is 2.74. The van der Waals surface area contributed by atoms with Crippen LogP contribution in [-0.2, 0) is 18.4 Å². The lowest BCUT2D eigenvalue weighted by molar-refractivity contribution is -0.132. The van der Waals surface area contributed by atoms with E-state index in [1.54, 1.807) is 16.2 Å². The number of carbonyl (C=O) groups excluding carboxylic acids is 1. The van der Waals surface area contributed by atoms with Gasteiger partial charge in [0.1, 0.15) is 6.54 Å². The average molecular weight is 385 g/mol. The van der Waals surface area contributed by atoms with E-state index < -0.39 is 0 Å². The van der Waals surface area contributed by atoms with Crippen LogP contribution in [0.1, 0.15) is 0 Å². The maximum Gasteiger partial charge on any atom is 0.329 e. The monoisotopic (exact) mass is 384 g/mol. The summed E-state index contributed by atoms with van der Waals surface area (Å²) in [5.41, 5.74) is 2.45. The molecule has 0 atom stereocenters. The molecule has 0 spiro atoms. The number of para-hydroxylation sites is 3. The number of benzene rings is 2. The highest BCUT2D eigenvalue weighted by Crippen LogP contribution is 2.26. The normalized spacial score (nSPS) is 14.7. The van der Waals surface area contributed by atoms with Crippen molar-refractivity contribution < 1.29 is 4.79 Å². The first-order chi connectivity index (χ1) is 13.1. The Balaban J connectivity index is 1.47. The maximum atomic E-state index is 12.8. The van der Waals surface area contributed by atoms with Gasteiger partial charge in [-0.3, -0.25) is 13.9 Å². The second-order valence-electron chi connectivity index (χ2n) is 6.74. The number of imidazole rings is 1. The number of carbonyl (C=O) groups is 1. The zero-order valence-electron chi connectivity index (χ0n) is 15.1. The highest BCUT2D eigenvalue weighted by atomic mass is 35.5. The van der Waals surface area contributed by atoms with Crippen molar-refractivity contribution in [1.82, 2.24) is 14.0 Å².